The van der Waals surface area contributed by atoms with Crippen LogP contribution in [0.25, 0.3) is 0 Å². The molecule has 2 aromatic rings. The molecule has 0 radical (unpaired) electrons. The van der Waals surface area contributed by atoms with Crippen molar-refractivity contribution in [3.63, 3.8) is 0 Å². The van der Waals surface area contributed by atoms with Crippen molar-refractivity contribution in [1.29, 1.82) is 0 Å². The van der Waals surface area contributed by atoms with E-state index in [1.807, 2.05) is 0 Å². The van der Waals surface area contributed by atoms with E-state index in [4.69, 9.17) is 0 Å². The fourth-order valence-corrected chi connectivity index (χ4v) is 4.58. The quantitative estimate of drug-likeness (QED) is 0.197. The van der Waals surface area contributed by atoms with Crippen LogP contribution in [-0.2, 0) is 0 Å². The first-order valence-electron chi connectivity index (χ1n) is 12.3. The van der Waals surface area contributed by atoms with Crippen molar-refractivity contribution in [2.75, 3.05) is 13.1 Å². The van der Waals surface area contributed by atoms with Gasteiger partial charge in [0.15, 0.2) is 0 Å². The monoisotopic (exact) mass is 394 g/mol. The van der Waals surface area contributed by atoms with Crippen LogP contribution in [0.5, 0.6) is 0 Å². The van der Waals surface area contributed by atoms with Crippen molar-refractivity contribution in [1.82, 2.24) is 4.48 Å². The predicted octanol–water partition coefficient (Wildman–Crippen LogP) is 9.05. The van der Waals surface area contributed by atoms with Gasteiger partial charge in [-0.15, -0.1) is 0 Å². The van der Waals surface area contributed by atoms with Gasteiger partial charge in [0.05, 0.1) is 13.1 Å². The Morgan fingerprint density at radius 1 is 0.483 bits per heavy atom. The Kier molecular flexibility index (Phi) is 11.8. The van der Waals surface area contributed by atoms with Crippen molar-refractivity contribution in [2.45, 2.75) is 90.9 Å². The van der Waals surface area contributed by atoms with E-state index in [9.17, 15) is 0 Å². The number of hydrogen-bond donors (Lipinski definition) is 0. The van der Waals surface area contributed by atoms with Crippen LogP contribution in [0.3, 0.4) is 0 Å². The molecular formula is C28H44N+. The van der Waals surface area contributed by atoms with Gasteiger partial charge in [0.2, 0.25) is 0 Å². The van der Waals surface area contributed by atoms with Gasteiger partial charge in [0.1, 0.15) is 11.4 Å². The highest BCUT2D eigenvalue weighted by molar-refractivity contribution is 5.58. The van der Waals surface area contributed by atoms with Gasteiger partial charge in [0, 0.05) is 0 Å². The molecular weight excluding hydrogens is 350 g/mol. The molecule has 0 aromatic heterocycles. The van der Waals surface area contributed by atoms with Gasteiger partial charge in [-0.3, -0.25) is 4.48 Å². The molecule has 2 rings (SSSR count). The van der Waals surface area contributed by atoms with Crippen molar-refractivity contribution in [2.24, 2.45) is 0 Å². The van der Waals surface area contributed by atoms with Crippen LogP contribution in [-0.4, -0.2) is 13.1 Å². The van der Waals surface area contributed by atoms with Crippen LogP contribution in [0.2, 0.25) is 0 Å². The Morgan fingerprint density at radius 3 is 1.24 bits per heavy atom. The summed E-state index contributed by atoms with van der Waals surface area (Å²) in [6.45, 7) is 6.93. The maximum absolute atomic E-state index is 2.33. The lowest BCUT2D eigenvalue weighted by Gasteiger charge is -2.37. The van der Waals surface area contributed by atoms with Crippen molar-refractivity contribution >= 4 is 11.4 Å². The predicted molar refractivity (Wildman–Crippen MR) is 131 cm³/mol. The number of para-hydroxylation sites is 2. The van der Waals surface area contributed by atoms with E-state index in [2.05, 4.69) is 74.5 Å². The lowest BCUT2D eigenvalue weighted by atomic mass is 10.0. The number of hydrogen-bond acceptors (Lipinski definition) is 0. The maximum Gasteiger partial charge on any atom is 0.137 e. The zero-order valence-corrected chi connectivity index (χ0v) is 19.1. The average Bonchev–Trinajstić information content (AvgIpc) is 2.78. The summed E-state index contributed by atoms with van der Waals surface area (Å²) in [6.07, 6.45) is 16.9. The molecule has 0 unspecified atom stereocenters. The lowest BCUT2D eigenvalue weighted by molar-refractivity contribution is 0.382. The Bertz CT molecular complexity index is 580. The molecule has 0 amide bonds. The number of nitrogens with zero attached hydrogens (tertiary/aromatic N) is 1. The minimum Gasteiger partial charge on any atom is -0.259 e. The van der Waals surface area contributed by atoms with Gasteiger partial charge < -0.3 is 0 Å². The van der Waals surface area contributed by atoms with Gasteiger partial charge in [-0.05, 0) is 44.0 Å². The molecule has 0 N–H and O–H groups in total. The number of rotatable bonds is 16. The number of unbranched alkanes of at least 4 members (excludes halogenated alkanes) is 11. The van der Waals surface area contributed by atoms with Crippen molar-refractivity contribution in [3.05, 3.63) is 60.7 Å². The van der Waals surface area contributed by atoms with Gasteiger partial charge in [-0.2, -0.15) is 0 Å². The smallest absolute Gasteiger partial charge is 0.137 e. The molecule has 1 heteroatoms. The highest BCUT2D eigenvalue weighted by Gasteiger charge is 2.30. The standard InChI is InChI=1S/C28H44N/c1-3-5-6-7-8-9-10-11-12-13-14-21-26-29(4-2,27-22-17-15-18-23-27)28-24-19-16-20-25-28/h15-20,22-25H,3-14,21,26H2,1-2H3/q+1. The van der Waals surface area contributed by atoms with Crippen molar-refractivity contribution < 1.29 is 0 Å². The average molecular weight is 395 g/mol. The molecule has 0 aliphatic carbocycles. The SMILES string of the molecule is CCCCCCCCCCCCCC[N+](CC)(c1ccccc1)c1ccccc1. The first kappa shape index (κ1) is 23.7. The summed E-state index contributed by atoms with van der Waals surface area (Å²) < 4.78 is 0.972. The van der Waals surface area contributed by atoms with Crippen LogP contribution in [0.4, 0.5) is 11.4 Å². The summed E-state index contributed by atoms with van der Waals surface area (Å²) in [4.78, 5) is 0. The molecule has 0 aliphatic heterocycles. The van der Waals surface area contributed by atoms with Gasteiger partial charge in [0.25, 0.3) is 0 Å². The van der Waals surface area contributed by atoms with E-state index >= 15 is 0 Å². The zero-order chi connectivity index (χ0) is 20.6. The minimum atomic E-state index is 0.972. The molecule has 0 heterocycles. The zero-order valence-electron chi connectivity index (χ0n) is 19.1. The molecule has 160 valence electrons. The minimum absolute atomic E-state index is 0.972. The molecule has 0 saturated carbocycles. The molecule has 0 bridgehead atoms. The van der Waals surface area contributed by atoms with E-state index in [-0.39, 0.29) is 0 Å². The maximum atomic E-state index is 2.33. The third-order valence-corrected chi connectivity index (χ3v) is 6.43. The molecule has 29 heavy (non-hydrogen) atoms. The topological polar surface area (TPSA) is 0 Å². The highest BCUT2D eigenvalue weighted by Crippen LogP contribution is 2.34. The van der Waals surface area contributed by atoms with E-state index in [0.29, 0.717) is 0 Å². The van der Waals surface area contributed by atoms with Gasteiger partial charge >= 0.3 is 0 Å². The molecule has 0 saturated heterocycles. The number of benzene rings is 2. The molecule has 2 aromatic carbocycles. The van der Waals surface area contributed by atoms with Crippen LogP contribution in [0.1, 0.15) is 90.9 Å². The number of quaternary nitrogens is 1. The Hall–Kier alpha value is -1.60. The van der Waals surface area contributed by atoms with Crippen LogP contribution in [0.15, 0.2) is 60.7 Å². The van der Waals surface area contributed by atoms with Gasteiger partial charge in [-0.25, -0.2) is 0 Å². The summed E-state index contributed by atoms with van der Waals surface area (Å²) in [6, 6.07) is 22.2. The summed E-state index contributed by atoms with van der Waals surface area (Å²) >= 11 is 0. The second-order valence-electron chi connectivity index (χ2n) is 8.57. The Labute approximate surface area is 180 Å². The normalized spacial score (nSPS) is 11.7. The van der Waals surface area contributed by atoms with E-state index in [1.165, 1.54) is 95.0 Å². The first-order valence-corrected chi connectivity index (χ1v) is 12.3. The van der Waals surface area contributed by atoms with Crippen LogP contribution >= 0.6 is 0 Å². The third-order valence-electron chi connectivity index (χ3n) is 6.43. The molecule has 0 atom stereocenters. The second-order valence-corrected chi connectivity index (χ2v) is 8.57. The first-order chi connectivity index (χ1) is 14.3. The summed E-state index contributed by atoms with van der Waals surface area (Å²) in [5.74, 6) is 0. The van der Waals surface area contributed by atoms with Gasteiger partial charge in [-0.1, -0.05) is 108 Å². The summed E-state index contributed by atoms with van der Waals surface area (Å²) in [5.41, 5.74) is 2.84. The van der Waals surface area contributed by atoms with E-state index in [0.717, 1.165) is 11.0 Å². The third kappa shape index (κ3) is 7.97. The second kappa shape index (κ2) is 14.4. The van der Waals surface area contributed by atoms with Crippen LogP contribution < -0.4 is 4.48 Å². The molecule has 0 aliphatic rings. The Morgan fingerprint density at radius 2 is 0.862 bits per heavy atom. The fraction of sp³-hybridized carbons (Fsp3) is 0.571. The summed E-state index contributed by atoms with van der Waals surface area (Å²) in [7, 11) is 0. The van der Waals surface area contributed by atoms with E-state index < -0.39 is 0 Å². The highest BCUT2D eigenvalue weighted by atomic mass is 15.4. The molecule has 0 fully saturated rings. The fourth-order valence-electron chi connectivity index (χ4n) is 4.58. The van der Waals surface area contributed by atoms with Crippen LogP contribution in [0, 0.1) is 0 Å². The lowest BCUT2D eigenvalue weighted by Crippen LogP contribution is -2.44. The van der Waals surface area contributed by atoms with Crippen molar-refractivity contribution in [3.8, 4) is 0 Å². The summed E-state index contributed by atoms with van der Waals surface area (Å²) in [5, 5.41) is 0. The largest absolute Gasteiger partial charge is 0.259 e. The molecule has 0 spiro atoms. The van der Waals surface area contributed by atoms with E-state index in [1.54, 1.807) is 0 Å². The Balaban J connectivity index is 1.74. The molecule has 1 nitrogen and oxygen atoms in total.